The molecule has 188 valence electrons. The van der Waals surface area contributed by atoms with Crippen molar-refractivity contribution in [3.63, 3.8) is 0 Å². The number of hydrogen-bond donors (Lipinski definition) is 2. The van der Waals surface area contributed by atoms with Crippen LogP contribution in [-0.2, 0) is 23.7 Å². The molecule has 0 atom stereocenters. The quantitative estimate of drug-likeness (QED) is 0.273. The molecular formula is C24H50O7. The second kappa shape index (κ2) is 90.4. The summed E-state index contributed by atoms with van der Waals surface area (Å²) in [6.07, 6.45) is 0. The molecule has 0 amide bonds. The topological polar surface area (TPSA) is 86.6 Å². The lowest BCUT2D eigenvalue weighted by molar-refractivity contribution is -0.0151. The van der Waals surface area contributed by atoms with Crippen molar-refractivity contribution in [2.24, 2.45) is 0 Å². The van der Waals surface area contributed by atoms with Gasteiger partial charge in [0.2, 0.25) is 0 Å². The minimum Gasteiger partial charge on any atom is -0.394 e. The first-order valence-electron chi connectivity index (χ1n) is 9.52. The van der Waals surface area contributed by atoms with Crippen LogP contribution in [0.1, 0.15) is 0 Å². The molecule has 0 aliphatic heterocycles. The molecule has 0 bridgehead atoms. The Labute approximate surface area is 192 Å². The highest BCUT2D eigenvalue weighted by molar-refractivity contribution is 4.36. The van der Waals surface area contributed by atoms with Crippen LogP contribution in [0.3, 0.4) is 0 Å². The van der Waals surface area contributed by atoms with E-state index in [-0.39, 0.29) is 13.2 Å². The van der Waals surface area contributed by atoms with Crippen LogP contribution >= 0.6 is 0 Å². The summed E-state index contributed by atoms with van der Waals surface area (Å²) in [5.74, 6) is 0. The fourth-order valence-electron chi connectivity index (χ4n) is 1.11. The molecule has 0 unspecified atom stereocenters. The molecule has 7 heteroatoms. The summed E-state index contributed by atoms with van der Waals surface area (Å²) >= 11 is 0. The Morgan fingerprint density at radius 1 is 0.290 bits per heavy atom. The summed E-state index contributed by atoms with van der Waals surface area (Å²) in [6, 6.07) is 0. The summed E-state index contributed by atoms with van der Waals surface area (Å²) in [4.78, 5) is 0. The Kier molecular flexibility index (Phi) is 137. The highest BCUT2D eigenvalue weighted by atomic mass is 16.6. The standard InChI is InChI=1S/C12H26O7.6C2H4/c13-1-3-15-5-7-17-9-11-19-12-10-18-8-6-16-4-2-14;6*1-2/h13-14H,1-12H2;6*1-2H2. The van der Waals surface area contributed by atoms with E-state index in [1.807, 2.05) is 0 Å². The number of aliphatic hydroxyl groups is 2. The van der Waals surface area contributed by atoms with Gasteiger partial charge >= 0.3 is 0 Å². The lowest BCUT2D eigenvalue weighted by Crippen LogP contribution is -2.14. The molecule has 0 aromatic heterocycles. The van der Waals surface area contributed by atoms with Gasteiger partial charge in [0.15, 0.2) is 0 Å². The Hall–Kier alpha value is -1.84. The van der Waals surface area contributed by atoms with Gasteiger partial charge in [0.25, 0.3) is 0 Å². The molecule has 0 aliphatic rings. The fourth-order valence-corrected chi connectivity index (χ4v) is 1.11. The van der Waals surface area contributed by atoms with Crippen molar-refractivity contribution in [2.45, 2.75) is 0 Å². The first kappa shape index (κ1) is 47.1. The van der Waals surface area contributed by atoms with E-state index in [2.05, 4.69) is 78.9 Å². The summed E-state index contributed by atoms with van der Waals surface area (Å²) in [6.45, 7) is 40.8. The van der Waals surface area contributed by atoms with Crippen LogP contribution in [0.5, 0.6) is 0 Å². The Morgan fingerprint density at radius 2 is 0.419 bits per heavy atom. The van der Waals surface area contributed by atoms with E-state index < -0.39 is 0 Å². The third-order valence-corrected chi connectivity index (χ3v) is 1.96. The van der Waals surface area contributed by atoms with Crippen LogP contribution in [0.4, 0.5) is 0 Å². The zero-order valence-electron chi connectivity index (χ0n) is 19.9. The smallest absolute Gasteiger partial charge is 0.0701 e. The van der Waals surface area contributed by atoms with E-state index in [9.17, 15) is 0 Å². The van der Waals surface area contributed by atoms with Crippen molar-refractivity contribution in [2.75, 3.05) is 79.3 Å². The van der Waals surface area contributed by atoms with Gasteiger partial charge in [-0.15, -0.1) is 78.9 Å². The normalized spacial score (nSPS) is 7.55. The maximum atomic E-state index is 8.45. The Bertz CT molecular complexity index is 200. The van der Waals surface area contributed by atoms with Gasteiger partial charge in [-0.25, -0.2) is 0 Å². The van der Waals surface area contributed by atoms with Gasteiger partial charge in [0.1, 0.15) is 0 Å². The molecule has 0 aliphatic carbocycles. The molecule has 0 aromatic carbocycles. The van der Waals surface area contributed by atoms with Gasteiger partial charge in [-0.2, -0.15) is 0 Å². The number of hydrogen-bond acceptors (Lipinski definition) is 7. The largest absolute Gasteiger partial charge is 0.394 e. The molecule has 2 N–H and O–H groups in total. The van der Waals surface area contributed by atoms with Crippen molar-refractivity contribution in [1.29, 1.82) is 0 Å². The Morgan fingerprint density at radius 3 is 0.548 bits per heavy atom. The van der Waals surface area contributed by atoms with Crippen molar-refractivity contribution >= 4 is 0 Å². The molecule has 0 fully saturated rings. The highest BCUT2D eigenvalue weighted by Crippen LogP contribution is 1.83. The average Bonchev–Trinajstić information content (AvgIpc) is 2.89. The van der Waals surface area contributed by atoms with Gasteiger partial charge in [-0.1, -0.05) is 0 Å². The summed E-state index contributed by atoms with van der Waals surface area (Å²) in [5.41, 5.74) is 0. The molecule has 31 heavy (non-hydrogen) atoms. The Balaban J connectivity index is -0.0000000819. The van der Waals surface area contributed by atoms with Crippen molar-refractivity contribution in [3.05, 3.63) is 78.9 Å². The number of aliphatic hydroxyl groups excluding tert-OH is 2. The molecular weight excluding hydrogens is 400 g/mol. The lowest BCUT2D eigenvalue weighted by Gasteiger charge is -2.07. The molecule has 0 spiro atoms. The van der Waals surface area contributed by atoms with Crippen LogP contribution in [0.2, 0.25) is 0 Å². The fraction of sp³-hybridized carbons (Fsp3) is 0.500. The predicted octanol–water partition coefficient (Wildman–Crippen LogP) is 3.87. The van der Waals surface area contributed by atoms with E-state index in [0.717, 1.165) is 0 Å². The molecule has 7 nitrogen and oxygen atoms in total. The molecule has 0 rings (SSSR count). The van der Waals surface area contributed by atoms with Crippen molar-refractivity contribution in [1.82, 2.24) is 0 Å². The summed E-state index contributed by atoms with van der Waals surface area (Å²) < 4.78 is 25.8. The first-order valence-corrected chi connectivity index (χ1v) is 9.52. The molecule has 0 saturated heterocycles. The minimum atomic E-state index is 0.0359. The second-order valence-corrected chi connectivity index (χ2v) is 3.51. The van der Waals surface area contributed by atoms with E-state index in [4.69, 9.17) is 33.9 Å². The number of ether oxygens (including phenoxy) is 5. The first-order chi connectivity index (χ1) is 15.4. The third kappa shape index (κ3) is 96.1. The van der Waals surface area contributed by atoms with Crippen LogP contribution in [-0.4, -0.2) is 89.5 Å². The van der Waals surface area contributed by atoms with Crippen molar-refractivity contribution < 1.29 is 33.9 Å². The SMILES string of the molecule is C=C.C=C.C=C.C=C.C=C.C=C.OCCOCCOCCOCCOCCOCCO. The zero-order valence-corrected chi connectivity index (χ0v) is 19.9. The van der Waals surface area contributed by atoms with Crippen molar-refractivity contribution in [3.8, 4) is 0 Å². The van der Waals surface area contributed by atoms with Gasteiger partial charge in [-0.05, 0) is 0 Å². The van der Waals surface area contributed by atoms with E-state index >= 15 is 0 Å². The number of rotatable bonds is 16. The third-order valence-electron chi connectivity index (χ3n) is 1.96. The molecule has 0 radical (unpaired) electrons. The van der Waals surface area contributed by atoms with Crippen LogP contribution in [0.25, 0.3) is 0 Å². The van der Waals surface area contributed by atoms with Gasteiger partial charge in [0.05, 0.1) is 79.3 Å². The predicted molar refractivity (Wildman–Crippen MR) is 136 cm³/mol. The van der Waals surface area contributed by atoms with E-state index in [0.29, 0.717) is 66.1 Å². The van der Waals surface area contributed by atoms with E-state index in [1.165, 1.54) is 0 Å². The maximum Gasteiger partial charge on any atom is 0.0701 e. The zero-order chi connectivity index (χ0) is 26.0. The average molecular weight is 451 g/mol. The monoisotopic (exact) mass is 450 g/mol. The minimum absolute atomic E-state index is 0.0359. The van der Waals surface area contributed by atoms with Gasteiger partial charge in [-0.3, -0.25) is 0 Å². The molecule has 0 aromatic rings. The van der Waals surface area contributed by atoms with Crippen LogP contribution < -0.4 is 0 Å². The van der Waals surface area contributed by atoms with Crippen LogP contribution in [0, 0.1) is 0 Å². The van der Waals surface area contributed by atoms with Crippen LogP contribution in [0.15, 0.2) is 78.9 Å². The molecule has 0 heterocycles. The highest BCUT2D eigenvalue weighted by Gasteiger charge is 1.92. The van der Waals surface area contributed by atoms with E-state index in [1.54, 1.807) is 0 Å². The summed E-state index contributed by atoms with van der Waals surface area (Å²) in [7, 11) is 0. The second-order valence-electron chi connectivity index (χ2n) is 3.51. The van der Waals surface area contributed by atoms with Gasteiger partial charge < -0.3 is 33.9 Å². The maximum absolute atomic E-state index is 8.45. The summed E-state index contributed by atoms with van der Waals surface area (Å²) in [5, 5.41) is 16.9. The van der Waals surface area contributed by atoms with Gasteiger partial charge in [0, 0.05) is 0 Å². The lowest BCUT2D eigenvalue weighted by atomic mass is 10.7. The molecule has 0 saturated carbocycles.